The molecule has 0 amide bonds. The number of halogens is 1. The van der Waals surface area contributed by atoms with Gasteiger partial charge in [0.15, 0.2) is 0 Å². The van der Waals surface area contributed by atoms with Gasteiger partial charge < -0.3 is 5.11 Å². The number of hydrogen-bond donors (Lipinski definition) is 1. The smallest absolute Gasteiger partial charge is 0.141 e. The average Bonchev–Trinajstić information content (AvgIpc) is 2.48. The SMILES string of the molecule is C[C@H](c1ccccn1)N(C)C[C@H](O)c1ccc(F)cn1. The van der Waals surface area contributed by atoms with Gasteiger partial charge in [0.1, 0.15) is 11.9 Å². The van der Waals surface area contributed by atoms with Gasteiger partial charge in [0, 0.05) is 18.8 Å². The van der Waals surface area contributed by atoms with Crippen molar-refractivity contribution in [3.05, 3.63) is 59.9 Å². The van der Waals surface area contributed by atoms with Gasteiger partial charge in [0.2, 0.25) is 0 Å². The lowest BCUT2D eigenvalue weighted by Crippen LogP contribution is -2.28. The summed E-state index contributed by atoms with van der Waals surface area (Å²) >= 11 is 0. The van der Waals surface area contributed by atoms with E-state index in [1.165, 1.54) is 12.1 Å². The predicted octanol–water partition coefficient (Wildman–Crippen LogP) is 2.34. The zero-order chi connectivity index (χ0) is 14.5. The van der Waals surface area contributed by atoms with Gasteiger partial charge in [0.25, 0.3) is 0 Å². The molecule has 0 aliphatic heterocycles. The van der Waals surface area contributed by atoms with Crippen molar-refractivity contribution in [2.75, 3.05) is 13.6 Å². The summed E-state index contributed by atoms with van der Waals surface area (Å²) in [5, 5.41) is 10.1. The number of aliphatic hydroxyl groups is 1. The highest BCUT2D eigenvalue weighted by atomic mass is 19.1. The maximum Gasteiger partial charge on any atom is 0.141 e. The maximum absolute atomic E-state index is 12.8. The van der Waals surface area contributed by atoms with Crippen LogP contribution < -0.4 is 0 Å². The number of aromatic nitrogens is 2. The molecule has 5 heteroatoms. The summed E-state index contributed by atoms with van der Waals surface area (Å²) in [6.45, 7) is 2.42. The molecular formula is C15H18FN3O. The molecule has 1 N–H and O–H groups in total. The van der Waals surface area contributed by atoms with Gasteiger partial charge in [-0.1, -0.05) is 6.07 Å². The molecule has 0 radical (unpaired) electrons. The first-order valence-electron chi connectivity index (χ1n) is 6.48. The molecule has 2 atom stereocenters. The number of pyridine rings is 2. The van der Waals surface area contributed by atoms with Gasteiger partial charge >= 0.3 is 0 Å². The average molecular weight is 275 g/mol. The second kappa shape index (κ2) is 6.54. The second-order valence-electron chi connectivity index (χ2n) is 4.79. The van der Waals surface area contributed by atoms with E-state index in [-0.39, 0.29) is 6.04 Å². The zero-order valence-corrected chi connectivity index (χ0v) is 11.6. The Hall–Kier alpha value is -1.85. The highest BCUT2D eigenvalue weighted by Gasteiger charge is 2.18. The first kappa shape index (κ1) is 14.6. The van der Waals surface area contributed by atoms with Crippen molar-refractivity contribution in [2.24, 2.45) is 0 Å². The molecule has 0 saturated heterocycles. The van der Waals surface area contributed by atoms with Crippen LogP contribution in [0.25, 0.3) is 0 Å². The molecule has 20 heavy (non-hydrogen) atoms. The monoisotopic (exact) mass is 275 g/mol. The van der Waals surface area contributed by atoms with E-state index in [0.717, 1.165) is 11.9 Å². The van der Waals surface area contributed by atoms with Crippen LogP contribution in [-0.2, 0) is 0 Å². The first-order valence-corrected chi connectivity index (χ1v) is 6.48. The lowest BCUT2D eigenvalue weighted by atomic mass is 10.1. The number of nitrogens with zero attached hydrogens (tertiary/aromatic N) is 3. The largest absolute Gasteiger partial charge is 0.385 e. The van der Waals surface area contributed by atoms with E-state index in [4.69, 9.17) is 0 Å². The van der Waals surface area contributed by atoms with Crippen LogP contribution in [0.1, 0.15) is 30.5 Å². The summed E-state index contributed by atoms with van der Waals surface area (Å²) in [6.07, 6.45) is 2.10. The van der Waals surface area contributed by atoms with E-state index in [9.17, 15) is 9.50 Å². The van der Waals surface area contributed by atoms with Crippen molar-refractivity contribution in [3.8, 4) is 0 Å². The molecule has 0 spiro atoms. The number of aliphatic hydroxyl groups excluding tert-OH is 1. The molecule has 4 nitrogen and oxygen atoms in total. The molecule has 0 aliphatic rings. The number of likely N-dealkylation sites (N-methyl/N-ethyl adjacent to an activating group) is 1. The van der Waals surface area contributed by atoms with Crippen LogP contribution in [0.5, 0.6) is 0 Å². The highest BCUT2D eigenvalue weighted by Crippen LogP contribution is 2.19. The van der Waals surface area contributed by atoms with Gasteiger partial charge in [0.05, 0.1) is 17.6 Å². The molecule has 2 aromatic heterocycles. The Morgan fingerprint density at radius 1 is 1.20 bits per heavy atom. The Labute approximate surface area is 117 Å². The van der Waals surface area contributed by atoms with Crippen LogP contribution in [-0.4, -0.2) is 33.6 Å². The van der Waals surface area contributed by atoms with Crippen LogP contribution in [0.15, 0.2) is 42.7 Å². The van der Waals surface area contributed by atoms with E-state index in [1.54, 1.807) is 6.20 Å². The summed E-state index contributed by atoms with van der Waals surface area (Å²) in [5.74, 6) is -0.406. The molecule has 0 aliphatic carbocycles. The molecule has 2 heterocycles. The minimum Gasteiger partial charge on any atom is -0.385 e. The van der Waals surface area contributed by atoms with Crippen molar-refractivity contribution in [1.29, 1.82) is 0 Å². The highest BCUT2D eigenvalue weighted by molar-refractivity contribution is 5.10. The van der Waals surface area contributed by atoms with Gasteiger partial charge in [-0.15, -0.1) is 0 Å². The minimum absolute atomic E-state index is 0.0753. The summed E-state index contributed by atoms with van der Waals surface area (Å²) < 4.78 is 12.8. The van der Waals surface area contributed by atoms with Crippen molar-refractivity contribution < 1.29 is 9.50 Å². The van der Waals surface area contributed by atoms with Crippen LogP contribution in [0, 0.1) is 5.82 Å². The fourth-order valence-corrected chi connectivity index (χ4v) is 1.96. The van der Waals surface area contributed by atoms with Crippen molar-refractivity contribution in [1.82, 2.24) is 14.9 Å². The third-order valence-electron chi connectivity index (χ3n) is 3.33. The summed E-state index contributed by atoms with van der Waals surface area (Å²) in [7, 11) is 1.91. The predicted molar refractivity (Wildman–Crippen MR) is 74.4 cm³/mol. The topological polar surface area (TPSA) is 49.2 Å². The molecule has 0 saturated carbocycles. The Morgan fingerprint density at radius 2 is 2.00 bits per heavy atom. The molecule has 106 valence electrons. The van der Waals surface area contributed by atoms with Gasteiger partial charge in [-0.2, -0.15) is 0 Å². The summed E-state index contributed by atoms with van der Waals surface area (Å²) in [6, 6.07) is 8.63. The zero-order valence-electron chi connectivity index (χ0n) is 11.6. The second-order valence-corrected chi connectivity index (χ2v) is 4.79. The van der Waals surface area contributed by atoms with Crippen LogP contribution in [0.3, 0.4) is 0 Å². The van der Waals surface area contributed by atoms with E-state index in [1.807, 2.05) is 37.1 Å². The van der Waals surface area contributed by atoms with Crippen molar-refractivity contribution in [3.63, 3.8) is 0 Å². The van der Waals surface area contributed by atoms with E-state index >= 15 is 0 Å². The van der Waals surface area contributed by atoms with Crippen molar-refractivity contribution >= 4 is 0 Å². The quantitative estimate of drug-likeness (QED) is 0.910. The summed E-state index contributed by atoms with van der Waals surface area (Å²) in [5.41, 5.74) is 1.40. The third-order valence-corrected chi connectivity index (χ3v) is 3.33. The van der Waals surface area contributed by atoms with E-state index in [0.29, 0.717) is 12.2 Å². The standard InChI is InChI=1S/C15H18FN3O/c1-11(13-5-3-4-8-17-13)19(2)10-15(20)14-7-6-12(16)9-18-14/h3-9,11,15,20H,10H2,1-2H3/t11-,15+/m1/s1. The number of hydrogen-bond acceptors (Lipinski definition) is 4. The van der Waals surface area contributed by atoms with Crippen LogP contribution in [0.4, 0.5) is 4.39 Å². The molecule has 0 fully saturated rings. The Kier molecular flexibility index (Phi) is 4.76. The normalized spacial score (nSPS) is 14.2. The van der Waals surface area contributed by atoms with Crippen molar-refractivity contribution in [2.45, 2.75) is 19.1 Å². The lowest BCUT2D eigenvalue weighted by Gasteiger charge is -2.26. The van der Waals surface area contributed by atoms with Gasteiger partial charge in [-0.05, 0) is 38.2 Å². The number of rotatable bonds is 5. The molecule has 2 rings (SSSR count). The fourth-order valence-electron chi connectivity index (χ4n) is 1.96. The minimum atomic E-state index is -0.758. The third kappa shape index (κ3) is 3.59. The Balaban J connectivity index is 2.00. The Morgan fingerprint density at radius 3 is 2.60 bits per heavy atom. The van der Waals surface area contributed by atoms with E-state index in [2.05, 4.69) is 9.97 Å². The molecular weight excluding hydrogens is 257 g/mol. The molecule has 0 bridgehead atoms. The maximum atomic E-state index is 12.8. The first-order chi connectivity index (χ1) is 9.58. The summed E-state index contributed by atoms with van der Waals surface area (Å²) in [4.78, 5) is 10.2. The van der Waals surface area contributed by atoms with Gasteiger partial charge in [-0.25, -0.2) is 4.39 Å². The lowest BCUT2D eigenvalue weighted by molar-refractivity contribution is 0.104. The van der Waals surface area contributed by atoms with Crippen LogP contribution in [0.2, 0.25) is 0 Å². The van der Waals surface area contributed by atoms with Crippen LogP contribution >= 0.6 is 0 Å². The molecule has 0 unspecified atom stereocenters. The molecule has 2 aromatic rings. The Bertz CT molecular complexity index is 533. The fraction of sp³-hybridized carbons (Fsp3) is 0.333. The van der Waals surface area contributed by atoms with E-state index < -0.39 is 11.9 Å². The molecule has 0 aromatic carbocycles. The van der Waals surface area contributed by atoms with Gasteiger partial charge in [-0.3, -0.25) is 14.9 Å².